The van der Waals surface area contributed by atoms with Gasteiger partial charge in [-0.3, -0.25) is 18.6 Å². The van der Waals surface area contributed by atoms with E-state index in [0.717, 1.165) is 44.2 Å². The van der Waals surface area contributed by atoms with Crippen LogP contribution >= 0.6 is 0 Å². The molecule has 2 heterocycles. The monoisotopic (exact) mass is 611 g/mol. The molecule has 1 aromatic heterocycles. The van der Waals surface area contributed by atoms with Crippen LogP contribution in [0.5, 0.6) is 0 Å². The Morgan fingerprint density at radius 2 is 1.86 bits per heavy atom. The zero-order valence-electron chi connectivity index (χ0n) is 23.2. The molecule has 228 valence electrons. The molecule has 0 radical (unpaired) electrons. The lowest BCUT2D eigenvalue weighted by atomic mass is 9.93. The molecule has 3 aliphatic rings. The van der Waals surface area contributed by atoms with Gasteiger partial charge in [0, 0.05) is 18.7 Å². The maximum absolute atomic E-state index is 13.8. The summed E-state index contributed by atoms with van der Waals surface area (Å²) in [5, 5.41) is 8.94. The van der Waals surface area contributed by atoms with Crippen LogP contribution in [0.25, 0.3) is 0 Å². The van der Waals surface area contributed by atoms with Crippen molar-refractivity contribution in [2.24, 2.45) is 0 Å². The summed E-state index contributed by atoms with van der Waals surface area (Å²) in [4.78, 5) is 40.0. The molecule has 2 N–H and O–H groups in total. The van der Waals surface area contributed by atoms with Crippen LogP contribution in [0.15, 0.2) is 29.2 Å². The van der Waals surface area contributed by atoms with Gasteiger partial charge in [0.15, 0.2) is 0 Å². The summed E-state index contributed by atoms with van der Waals surface area (Å²) < 4.78 is 70.5. The summed E-state index contributed by atoms with van der Waals surface area (Å²) in [6.07, 6.45) is -0.547. The molecule has 1 aromatic carbocycles. The van der Waals surface area contributed by atoms with Gasteiger partial charge in [0.05, 0.1) is 44.3 Å². The van der Waals surface area contributed by atoms with Crippen molar-refractivity contribution in [1.82, 2.24) is 20.4 Å². The molecule has 2 aromatic rings. The number of hydrogen-bond donors (Lipinski definition) is 2. The van der Waals surface area contributed by atoms with Gasteiger partial charge in [-0.2, -0.15) is 18.3 Å². The standard InChI is InChI=1S/C28H33F4N5O4S/c1-3-21(25(38)27(40)33-17-8-9-17)34-26(39)22-13-19(42(41)23-10-7-16(29)12-20(23)28(30,31)32)14-36(22)24-11-15(2)35-37(24)18-5-4-6-18/h7,10-12,17-19,21-22H,3-6,8-9,13-14H2,1-2H3,(H,33,40)(H,34,39). The third-order valence-electron chi connectivity index (χ3n) is 8.06. The minimum atomic E-state index is -4.93. The summed E-state index contributed by atoms with van der Waals surface area (Å²) in [6.45, 7) is 3.40. The number of rotatable bonds is 10. The number of ketones is 1. The number of nitrogens with one attached hydrogen (secondary N) is 2. The molecular weight excluding hydrogens is 578 g/mol. The van der Waals surface area contributed by atoms with E-state index in [1.165, 1.54) is 0 Å². The first-order valence-electron chi connectivity index (χ1n) is 14.1. The lowest BCUT2D eigenvalue weighted by Gasteiger charge is -2.32. The van der Waals surface area contributed by atoms with Crippen molar-refractivity contribution in [2.45, 2.75) is 99.3 Å². The normalized spacial score (nSPS) is 22.4. The Labute approximate surface area is 242 Å². The van der Waals surface area contributed by atoms with Crippen LogP contribution in [-0.4, -0.2) is 61.5 Å². The average Bonchev–Trinajstić information content (AvgIpc) is 3.47. The fraction of sp³-hybridized carbons (Fsp3) is 0.571. The van der Waals surface area contributed by atoms with E-state index in [2.05, 4.69) is 15.7 Å². The molecule has 9 nitrogen and oxygen atoms in total. The van der Waals surface area contributed by atoms with Crippen LogP contribution in [0.2, 0.25) is 0 Å². The van der Waals surface area contributed by atoms with Crippen LogP contribution in [-0.2, 0) is 31.4 Å². The summed E-state index contributed by atoms with van der Waals surface area (Å²) in [6, 6.07) is 1.74. The smallest absolute Gasteiger partial charge is 0.347 e. The molecule has 4 unspecified atom stereocenters. The maximum Gasteiger partial charge on any atom is 0.417 e. The Hall–Kier alpha value is -3.29. The molecular formula is C28H33F4N5O4S. The van der Waals surface area contributed by atoms with Crippen LogP contribution in [0.4, 0.5) is 23.4 Å². The number of hydrogen-bond acceptors (Lipinski definition) is 6. The summed E-state index contributed by atoms with van der Waals surface area (Å²) in [5.41, 5.74) is -0.647. The van der Waals surface area contributed by atoms with Crippen LogP contribution in [0, 0.1) is 12.7 Å². The lowest BCUT2D eigenvalue weighted by Crippen LogP contribution is -2.52. The van der Waals surface area contributed by atoms with Crippen molar-refractivity contribution in [3.63, 3.8) is 0 Å². The molecule has 5 rings (SSSR count). The largest absolute Gasteiger partial charge is 0.417 e. The summed E-state index contributed by atoms with van der Waals surface area (Å²) in [5.74, 6) is -2.70. The highest BCUT2D eigenvalue weighted by Gasteiger charge is 2.45. The van der Waals surface area contributed by atoms with Gasteiger partial charge in [0.1, 0.15) is 17.7 Å². The van der Waals surface area contributed by atoms with E-state index >= 15 is 0 Å². The number of benzene rings is 1. The van der Waals surface area contributed by atoms with Gasteiger partial charge in [-0.25, -0.2) is 9.07 Å². The number of nitrogens with zero attached hydrogens (tertiary/aromatic N) is 3. The zero-order chi connectivity index (χ0) is 30.3. The topological polar surface area (TPSA) is 113 Å². The zero-order valence-corrected chi connectivity index (χ0v) is 24.1. The van der Waals surface area contributed by atoms with E-state index in [1.54, 1.807) is 29.5 Å². The molecule has 0 bridgehead atoms. The molecule has 2 amide bonds. The molecule has 4 atom stereocenters. The average molecular weight is 612 g/mol. The van der Waals surface area contributed by atoms with E-state index in [4.69, 9.17) is 0 Å². The first-order chi connectivity index (χ1) is 19.9. The fourth-order valence-corrected chi connectivity index (χ4v) is 7.02. The van der Waals surface area contributed by atoms with Crippen molar-refractivity contribution in [1.29, 1.82) is 0 Å². The van der Waals surface area contributed by atoms with Gasteiger partial charge in [-0.05, 0) is 70.1 Å². The SMILES string of the molecule is CCC(NC(=O)C1CC(S(=O)c2ccc(F)cc2C(F)(F)F)CN1c1cc(C)nn1C1CCC1)C(=O)C(=O)NC1CC1. The molecule has 3 fully saturated rings. The first kappa shape index (κ1) is 30.2. The number of carbonyl (C=O) groups excluding carboxylic acids is 3. The van der Waals surface area contributed by atoms with Gasteiger partial charge in [-0.1, -0.05) is 6.92 Å². The van der Waals surface area contributed by atoms with E-state index < -0.39 is 68.2 Å². The minimum Gasteiger partial charge on any atom is -0.347 e. The second kappa shape index (κ2) is 11.8. The molecule has 1 aliphatic heterocycles. The molecule has 14 heteroatoms. The highest BCUT2D eigenvalue weighted by molar-refractivity contribution is 7.85. The van der Waals surface area contributed by atoms with Crippen LogP contribution in [0.3, 0.4) is 0 Å². The van der Waals surface area contributed by atoms with Gasteiger partial charge in [0.2, 0.25) is 11.7 Å². The Bertz CT molecular complexity index is 1410. The molecule has 42 heavy (non-hydrogen) atoms. The van der Waals surface area contributed by atoms with Gasteiger partial charge in [-0.15, -0.1) is 0 Å². The number of Topliss-reactive ketones (excluding diaryl/α,β-unsaturated/α-hetero) is 1. The summed E-state index contributed by atoms with van der Waals surface area (Å²) in [7, 11) is -2.25. The Morgan fingerprint density at radius 3 is 2.45 bits per heavy atom. The van der Waals surface area contributed by atoms with Gasteiger partial charge < -0.3 is 15.5 Å². The molecule has 2 saturated carbocycles. The number of aromatic nitrogens is 2. The van der Waals surface area contributed by atoms with E-state index in [0.29, 0.717) is 17.6 Å². The predicted octanol–water partition coefficient (Wildman–Crippen LogP) is 3.57. The predicted molar refractivity (Wildman–Crippen MR) is 146 cm³/mol. The van der Waals surface area contributed by atoms with E-state index in [9.17, 15) is 36.2 Å². The Kier molecular flexibility index (Phi) is 8.46. The number of anilines is 1. The molecule has 2 aliphatic carbocycles. The van der Waals surface area contributed by atoms with Crippen LogP contribution in [0.1, 0.15) is 69.2 Å². The van der Waals surface area contributed by atoms with Crippen molar-refractivity contribution in [3.05, 3.63) is 41.3 Å². The van der Waals surface area contributed by atoms with Crippen molar-refractivity contribution >= 4 is 34.2 Å². The Morgan fingerprint density at radius 1 is 1.14 bits per heavy atom. The minimum absolute atomic E-state index is 0.0376. The van der Waals surface area contributed by atoms with Crippen LogP contribution < -0.4 is 15.5 Å². The van der Waals surface area contributed by atoms with Gasteiger partial charge in [0.25, 0.3) is 5.91 Å². The number of amides is 2. The second-order valence-electron chi connectivity index (χ2n) is 11.2. The summed E-state index contributed by atoms with van der Waals surface area (Å²) >= 11 is 0. The van der Waals surface area contributed by atoms with E-state index in [-0.39, 0.29) is 31.5 Å². The third-order valence-corrected chi connectivity index (χ3v) is 9.80. The van der Waals surface area contributed by atoms with Crippen molar-refractivity contribution in [2.75, 3.05) is 11.4 Å². The number of halogens is 4. The lowest BCUT2D eigenvalue weighted by molar-refractivity contribution is -0.140. The fourth-order valence-electron chi connectivity index (χ4n) is 5.41. The quantitative estimate of drug-likeness (QED) is 0.314. The number of aryl methyl sites for hydroxylation is 1. The number of carbonyl (C=O) groups is 3. The van der Waals surface area contributed by atoms with Crippen molar-refractivity contribution in [3.8, 4) is 0 Å². The molecule has 1 saturated heterocycles. The highest BCUT2D eigenvalue weighted by Crippen LogP contribution is 2.40. The third kappa shape index (κ3) is 6.23. The maximum atomic E-state index is 13.8. The first-order valence-corrected chi connectivity index (χ1v) is 15.3. The highest BCUT2D eigenvalue weighted by atomic mass is 32.2. The van der Waals surface area contributed by atoms with Crippen molar-refractivity contribution < 1.29 is 36.2 Å². The Balaban J connectivity index is 1.44. The van der Waals surface area contributed by atoms with E-state index in [1.807, 2.05) is 0 Å². The van der Waals surface area contributed by atoms with Gasteiger partial charge >= 0.3 is 6.18 Å². The molecule has 0 spiro atoms. The number of alkyl halides is 3. The second-order valence-corrected chi connectivity index (χ2v) is 12.9.